The third kappa shape index (κ3) is 3.73. The molecule has 0 bridgehead atoms. The molecule has 1 aliphatic rings. The molecule has 140 valence electrons. The van der Waals surface area contributed by atoms with E-state index < -0.39 is 0 Å². The van der Waals surface area contributed by atoms with Crippen molar-refractivity contribution in [2.24, 2.45) is 0 Å². The average Bonchev–Trinajstić information content (AvgIpc) is 2.61. The summed E-state index contributed by atoms with van der Waals surface area (Å²) >= 11 is 5.92. The Morgan fingerprint density at radius 2 is 2.00 bits per heavy atom. The minimum Gasteiger partial charge on any atom is -0.366 e. The highest BCUT2D eigenvalue weighted by atomic mass is 35.5. The fourth-order valence-electron chi connectivity index (χ4n) is 4.20. The molecule has 27 heavy (non-hydrogen) atoms. The van der Waals surface area contributed by atoms with Gasteiger partial charge >= 0.3 is 0 Å². The van der Waals surface area contributed by atoms with Crippen LogP contribution in [0.15, 0.2) is 36.4 Å². The summed E-state index contributed by atoms with van der Waals surface area (Å²) in [6, 6.07) is 12.7. The van der Waals surface area contributed by atoms with Crippen molar-refractivity contribution in [3.05, 3.63) is 63.9 Å². The predicted molar refractivity (Wildman–Crippen MR) is 111 cm³/mol. The number of rotatable bonds is 3. The van der Waals surface area contributed by atoms with Gasteiger partial charge in [-0.05, 0) is 74.6 Å². The van der Waals surface area contributed by atoms with Crippen molar-refractivity contribution in [3.63, 3.8) is 0 Å². The third-order valence-corrected chi connectivity index (χ3v) is 5.65. The second-order valence-corrected chi connectivity index (χ2v) is 8.21. The molecule has 0 aliphatic carbocycles. The van der Waals surface area contributed by atoms with E-state index in [0.29, 0.717) is 22.1 Å². The lowest BCUT2D eigenvalue weighted by molar-refractivity contribution is 0.380. The fourth-order valence-corrected chi connectivity index (χ4v) is 4.32. The molecule has 0 aromatic heterocycles. The van der Waals surface area contributed by atoms with Crippen LogP contribution in [-0.4, -0.2) is 12.1 Å². The van der Waals surface area contributed by atoms with E-state index in [1.807, 2.05) is 6.07 Å². The standard InChI is InChI=1S/C23H24ClFN2/c1-5-27-22-12-21(25)17(11-20(22)15(2)13-23(27,3)4)10-18(14-26)16-6-8-19(24)9-7-16/h6-12,15H,5,13H2,1-4H3/b18-10+. The van der Waals surface area contributed by atoms with Gasteiger partial charge in [0.1, 0.15) is 5.82 Å². The molecular weight excluding hydrogens is 359 g/mol. The molecule has 1 heterocycles. The summed E-state index contributed by atoms with van der Waals surface area (Å²) < 4.78 is 14.9. The van der Waals surface area contributed by atoms with Gasteiger partial charge in [-0.3, -0.25) is 0 Å². The number of anilines is 1. The van der Waals surface area contributed by atoms with Gasteiger partial charge in [-0.2, -0.15) is 5.26 Å². The highest BCUT2D eigenvalue weighted by molar-refractivity contribution is 6.30. The minimum absolute atomic E-state index is 0.00785. The number of hydrogen-bond donors (Lipinski definition) is 0. The van der Waals surface area contributed by atoms with Crippen LogP contribution in [0.3, 0.4) is 0 Å². The summed E-state index contributed by atoms with van der Waals surface area (Å²) in [6.07, 6.45) is 2.63. The molecule has 4 heteroatoms. The maximum atomic E-state index is 14.9. The third-order valence-electron chi connectivity index (χ3n) is 5.40. The van der Waals surface area contributed by atoms with Gasteiger partial charge in [0.15, 0.2) is 0 Å². The van der Waals surface area contributed by atoms with Gasteiger partial charge in [0, 0.05) is 28.4 Å². The van der Waals surface area contributed by atoms with Crippen molar-refractivity contribution in [1.29, 1.82) is 5.26 Å². The molecule has 1 atom stereocenters. The molecule has 0 amide bonds. The SMILES string of the molecule is CCN1c2cc(F)c(/C=C(\C#N)c3ccc(Cl)cc3)cc2C(C)CC1(C)C. The second kappa shape index (κ2) is 7.37. The van der Waals surface area contributed by atoms with Crippen molar-refractivity contribution in [2.75, 3.05) is 11.4 Å². The Bertz CT molecular complexity index is 923. The highest BCUT2D eigenvalue weighted by Gasteiger charge is 2.36. The summed E-state index contributed by atoms with van der Waals surface area (Å²) in [5, 5.41) is 10.2. The number of halogens is 2. The number of hydrogen-bond acceptors (Lipinski definition) is 2. The van der Waals surface area contributed by atoms with E-state index >= 15 is 0 Å². The van der Waals surface area contributed by atoms with E-state index in [4.69, 9.17) is 11.6 Å². The number of allylic oxidation sites excluding steroid dienone is 1. The first-order chi connectivity index (χ1) is 12.8. The predicted octanol–water partition coefficient (Wildman–Crippen LogP) is 6.66. The van der Waals surface area contributed by atoms with E-state index in [2.05, 4.69) is 38.7 Å². The molecule has 1 aliphatic heterocycles. The molecule has 0 radical (unpaired) electrons. The van der Waals surface area contributed by atoms with E-state index in [1.54, 1.807) is 36.4 Å². The summed E-state index contributed by atoms with van der Waals surface area (Å²) in [5.41, 5.74) is 3.68. The molecule has 0 saturated heterocycles. The summed E-state index contributed by atoms with van der Waals surface area (Å²) in [4.78, 5) is 2.27. The Labute approximate surface area is 165 Å². The van der Waals surface area contributed by atoms with Crippen LogP contribution in [0.25, 0.3) is 11.6 Å². The summed E-state index contributed by atoms with van der Waals surface area (Å²) in [6.45, 7) is 9.52. The number of fused-ring (bicyclic) bond motifs is 1. The lowest BCUT2D eigenvalue weighted by Gasteiger charge is -2.47. The highest BCUT2D eigenvalue weighted by Crippen LogP contribution is 2.44. The van der Waals surface area contributed by atoms with Crippen molar-refractivity contribution >= 4 is 28.9 Å². The van der Waals surface area contributed by atoms with E-state index in [1.165, 1.54) is 0 Å². The fraction of sp³-hybridized carbons (Fsp3) is 0.348. The van der Waals surface area contributed by atoms with Crippen LogP contribution < -0.4 is 4.90 Å². The Kier molecular flexibility index (Phi) is 5.31. The molecule has 2 nitrogen and oxygen atoms in total. The van der Waals surface area contributed by atoms with E-state index in [0.717, 1.165) is 29.8 Å². The van der Waals surface area contributed by atoms with Crippen LogP contribution in [0.4, 0.5) is 10.1 Å². The van der Waals surface area contributed by atoms with Gasteiger partial charge in [-0.1, -0.05) is 30.7 Å². The molecule has 0 fully saturated rings. The Morgan fingerprint density at radius 1 is 1.33 bits per heavy atom. The van der Waals surface area contributed by atoms with Crippen LogP contribution in [0, 0.1) is 17.1 Å². The quantitative estimate of drug-likeness (QED) is 0.438. The van der Waals surface area contributed by atoms with E-state index in [9.17, 15) is 9.65 Å². The van der Waals surface area contributed by atoms with Crippen molar-refractivity contribution in [2.45, 2.75) is 45.6 Å². The van der Waals surface area contributed by atoms with Crippen LogP contribution in [-0.2, 0) is 0 Å². The smallest absolute Gasteiger partial charge is 0.132 e. The zero-order chi connectivity index (χ0) is 19.8. The average molecular weight is 383 g/mol. The number of nitrogens with zero attached hydrogens (tertiary/aromatic N) is 2. The van der Waals surface area contributed by atoms with Crippen molar-refractivity contribution < 1.29 is 4.39 Å². The molecule has 3 rings (SSSR count). The minimum atomic E-state index is -0.307. The van der Waals surface area contributed by atoms with E-state index in [-0.39, 0.29) is 11.4 Å². The largest absolute Gasteiger partial charge is 0.366 e. The Hall–Kier alpha value is -2.31. The Morgan fingerprint density at radius 3 is 2.59 bits per heavy atom. The molecule has 0 saturated carbocycles. The molecule has 0 spiro atoms. The van der Waals surface area contributed by atoms with Crippen molar-refractivity contribution in [3.8, 4) is 6.07 Å². The normalized spacial score (nSPS) is 18.8. The molecule has 2 aromatic carbocycles. The first kappa shape index (κ1) is 19.5. The molecular formula is C23H24ClFN2. The van der Waals surface area contributed by atoms with Gasteiger partial charge in [0.05, 0.1) is 11.6 Å². The summed E-state index contributed by atoms with van der Waals surface area (Å²) in [7, 11) is 0. The lowest BCUT2D eigenvalue weighted by atomic mass is 9.79. The van der Waals surface area contributed by atoms with Crippen LogP contribution in [0.5, 0.6) is 0 Å². The van der Waals surface area contributed by atoms with Gasteiger partial charge < -0.3 is 4.90 Å². The van der Waals surface area contributed by atoms with Gasteiger partial charge in [0.25, 0.3) is 0 Å². The molecule has 0 N–H and O–H groups in total. The Balaban J connectivity index is 2.10. The lowest BCUT2D eigenvalue weighted by Crippen LogP contribution is -2.48. The topological polar surface area (TPSA) is 27.0 Å². The van der Waals surface area contributed by atoms with Gasteiger partial charge in [0.2, 0.25) is 0 Å². The second-order valence-electron chi connectivity index (χ2n) is 7.77. The zero-order valence-corrected chi connectivity index (χ0v) is 16.9. The van der Waals surface area contributed by atoms with Crippen LogP contribution in [0.1, 0.15) is 56.7 Å². The van der Waals surface area contributed by atoms with Gasteiger partial charge in [-0.15, -0.1) is 0 Å². The first-order valence-corrected chi connectivity index (χ1v) is 9.63. The maximum Gasteiger partial charge on any atom is 0.132 e. The van der Waals surface area contributed by atoms with Crippen molar-refractivity contribution in [1.82, 2.24) is 0 Å². The molecule has 1 unspecified atom stereocenters. The maximum absolute atomic E-state index is 14.9. The first-order valence-electron chi connectivity index (χ1n) is 9.25. The molecule has 2 aromatic rings. The van der Waals surface area contributed by atoms with Gasteiger partial charge in [-0.25, -0.2) is 4.39 Å². The zero-order valence-electron chi connectivity index (χ0n) is 16.2. The number of nitriles is 1. The monoisotopic (exact) mass is 382 g/mol. The van der Waals surface area contributed by atoms with Crippen LogP contribution in [0.2, 0.25) is 5.02 Å². The number of benzene rings is 2. The summed E-state index contributed by atoms with van der Waals surface area (Å²) in [5.74, 6) is 0.0189. The van der Waals surface area contributed by atoms with Crippen LogP contribution >= 0.6 is 11.6 Å².